The highest BCUT2D eigenvalue weighted by Gasteiger charge is 2.21. The number of rotatable bonds is 3. The number of benzene rings is 1. The summed E-state index contributed by atoms with van der Waals surface area (Å²) in [5.74, 6) is -1.56. The lowest BCUT2D eigenvalue weighted by molar-refractivity contribution is 0.144. The Morgan fingerprint density at radius 1 is 1.24 bits per heavy atom. The average Bonchev–Trinajstić information content (AvgIpc) is 2.34. The summed E-state index contributed by atoms with van der Waals surface area (Å²) in [7, 11) is 0. The van der Waals surface area contributed by atoms with Gasteiger partial charge in [-0.15, -0.1) is 0 Å². The van der Waals surface area contributed by atoms with Crippen molar-refractivity contribution in [2.24, 2.45) is 5.73 Å². The fraction of sp³-hybridized carbons (Fsp3) is 0.538. The van der Waals surface area contributed by atoms with Crippen molar-refractivity contribution in [1.29, 1.82) is 0 Å². The third kappa shape index (κ3) is 3.01. The first-order valence-electron chi connectivity index (χ1n) is 6.08. The lowest BCUT2D eigenvalue weighted by atomic mass is 10.0. The Hall–Kier alpha value is -1.00. The summed E-state index contributed by atoms with van der Waals surface area (Å²) in [5.41, 5.74) is 6.54. The van der Waals surface area contributed by atoms with Crippen LogP contribution in [0, 0.1) is 11.6 Å². The average molecular weight is 240 g/mol. The molecule has 1 aliphatic rings. The molecular formula is C13H18F2N2. The van der Waals surface area contributed by atoms with E-state index < -0.39 is 11.6 Å². The summed E-state index contributed by atoms with van der Waals surface area (Å²) in [6.45, 7) is 2.27. The zero-order valence-electron chi connectivity index (χ0n) is 9.83. The van der Waals surface area contributed by atoms with E-state index in [0.29, 0.717) is 19.1 Å². The summed E-state index contributed by atoms with van der Waals surface area (Å²) < 4.78 is 25.9. The van der Waals surface area contributed by atoms with E-state index in [4.69, 9.17) is 5.73 Å². The van der Waals surface area contributed by atoms with Gasteiger partial charge in [-0.1, -0.05) is 12.5 Å². The third-order valence-corrected chi connectivity index (χ3v) is 3.39. The second kappa shape index (κ2) is 5.56. The van der Waals surface area contributed by atoms with Crippen LogP contribution in [0.5, 0.6) is 0 Å². The topological polar surface area (TPSA) is 29.3 Å². The Morgan fingerprint density at radius 2 is 2.06 bits per heavy atom. The molecule has 0 saturated carbocycles. The van der Waals surface area contributed by atoms with Crippen LogP contribution in [-0.2, 0) is 6.54 Å². The van der Waals surface area contributed by atoms with E-state index >= 15 is 0 Å². The highest BCUT2D eigenvalue weighted by Crippen LogP contribution is 2.19. The molecule has 4 heteroatoms. The molecule has 17 heavy (non-hydrogen) atoms. The van der Waals surface area contributed by atoms with Crippen molar-refractivity contribution < 1.29 is 8.78 Å². The summed E-state index contributed by atoms with van der Waals surface area (Å²) in [4.78, 5) is 2.26. The van der Waals surface area contributed by atoms with Crippen molar-refractivity contribution in [3.8, 4) is 0 Å². The molecule has 1 aromatic carbocycles. The lowest BCUT2D eigenvalue weighted by Crippen LogP contribution is -2.43. The van der Waals surface area contributed by atoms with Crippen molar-refractivity contribution >= 4 is 0 Å². The Morgan fingerprint density at radius 3 is 2.76 bits per heavy atom. The Labute approximate surface area is 100 Å². The molecular weight excluding hydrogens is 222 g/mol. The SMILES string of the molecule is NC[C@H]1CCCCN1Cc1ccc(F)c(F)c1. The molecule has 1 saturated heterocycles. The normalized spacial score (nSPS) is 21.7. The van der Waals surface area contributed by atoms with Crippen LogP contribution in [0.15, 0.2) is 18.2 Å². The number of nitrogens with two attached hydrogens (primary N) is 1. The molecule has 0 unspecified atom stereocenters. The lowest BCUT2D eigenvalue weighted by Gasteiger charge is -2.35. The van der Waals surface area contributed by atoms with Crippen LogP contribution in [0.2, 0.25) is 0 Å². The molecule has 0 radical (unpaired) electrons. The Bertz CT molecular complexity index is 382. The number of halogens is 2. The van der Waals surface area contributed by atoms with Gasteiger partial charge in [0.1, 0.15) is 0 Å². The van der Waals surface area contributed by atoms with Crippen LogP contribution in [0.4, 0.5) is 8.78 Å². The number of hydrogen-bond acceptors (Lipinski definition) is 2. The van der Waals surface area contributed by atoms with Crippen molar-refractivity contribution in [2.45, 2.75) is 31.8 Å². The summed E-state index contributed by atoms with van der Waals surface area (Å²) in [6, 6.07) is 4.47. The molecule has 94 valence electrons. The van der Waals surface area contributed by atoms with Gasteiger partial charge in [0.05, 0.1) is 0 Å². The molecule has 1 aliphatic heterocycles. The summed E-state index contributed by atoms with van der Waals surface area (Å²) in [5, 5.41) is 0. The minimum absolute atomic E-state index is 0.372. The molecule has 0 spiro atoms. The van der Waals surface area contributed by atoms with Gasteiger partial charge in [0.25, 0.3) is 0 Å². The van der Waals surface area contributed by atoms with Crippen LogP contribution < -0.4 is 5.73 Å². The van der Waals surface area contributed by atoms with Crippen molar-refractivity contribution in [3.63, 3.8) is 0 Å². The number of hydrogen-bond donors (Lipinski definition) is 1. The monoisotopic (exact) mass is 240 g/mol. The van der Waals surface area contributed by atoms with Crippen LogP contribution >= 0.6 is 0 Å². The van der Waals surface area contributed by atoms with Crippen molar-refractivity contribution in [2.75, 3.05) is 13.1 Å². The maximum Gasteiger partial charge on any atom is 0.159 e. The van der Waals surface area contributed by atoms with Crippen LogP contribution in [0.3, 0.4) is 0 Å². The molecule has 0 aliphatic carbocycles. The van der Waals surface area contributed by atoms with Crippen LogP contribution in [-0.4, -0.2) is 24.0 Å². The van der Waals surface area contributed by atoms with Gasteiger partial charge in [-0.05, 0) is 37.1 Å². The first-order valence-corrected chi connectivity index (χ1v) is 6.08. The molecule has 2 rings (SSSR count). The van der Waals surface area contributed by atoms with E-state index in [2.05, 4.69) is 4.90 Å². The molecule has 1 aromatic rings. The van der Waals surface area contributed by atoms with Crippen molar-refractivity contribution in [1.82, 2.24) is 4.90 Å². The van der Waals surface area contributed by atoms with Gasteiger partial charge in [0.15, 0.2) is 11.6 Å². The third-order valence-electron chi connectivity index (χ3n) is 3.39. The highest BCUT2D eigenvalue weighted by molar-refractivity contribution is 5.17. The zero-order chi connectivity index (χ0) is 12.3. The minimum atomic E-state index is -0.789. The van der Waals surface area contributed by atoms with E-state index in [9.17, 15) is 8.78 Å². The van der Waals surface area contributed by atoms with Crippen molar-refractivity contribution in [3.05, 3.63) is 35.4 Å². The molecule has 0 amide bonds. The van der Waals surface area contributed by atoms with E-state index in [1.807, 2.05) is 0 Å². The van der Waals surface area contributed by atoms with Crippen LogP contribution in [0.25, 0.3) is 0 Å². The molecule has 0 aromatic heterocycles. The van der Waals surface area contributed by atoms with Gasteiger partial charge < -0.3 is 5.73 Å². The fourth-order valence-electron chi connectivity index (χ4n) is 2.41. The molecule has 1 heterocycles. The fourth-order valence-corrected chi connectivity index (χ4v) is 2.41. The predicted octanol–water partition coefficient (Wildman–Crippen LogP) is 2.28. The number of piperidine rings is 1. The quantitative estimate of drug-likeness (QED) is 0.878. The second-order valence-electron chi connectivity index (χ2n) is 4.60. The van der Waals surface area contributed by atoms with E-state index in [-0.39, 0.29) is 0 Å². The number of nitrogens with zero attached hydrogens (tertiary/aromatic N) is 1. The summed E-state index contributed by atoms with van der Waals surface area (Å²) >= 11 is 0. The summed E-state index contributed by atoms with van der Waals surface area (Å²) in [6.07, 6.45) is 3.45. The van der Waals surface area contributed by atoms with E-state index in [1.165, 1.54) is 18.6 Å². The first-order chi connectivity index (χ1) is 8.20. The molecule has 1 fully saturated rings. The molecule has 2 N–H and O–H groups in total. The first kappa shape index (κ1) is 12.5. The Balaban J connectivity index is 2.05. The Kier molecular flexibility index (Phi) is 4.07. The standard InChI is InChI=1S/C13H18F2N2/c14-12-5-4-10(7-13(12)15)9-17-6-2-1-3-11(17)8-16/h4-5,7,11H,1-3,6,8-9,16H2/t11-/m1/s1. The van der Waals surface area contributed by atoms with Gasteiger partial charge in [-0.25, -0.2) is 8.78 Å². The van der Waals surface area contributed by atoms with Gasteiger partial charge in [0, 0.05) is 19.1 Å². The van der Waals surface area contributed by atoms with E-state index in [0.717, 1.165) is 24.9 Å². The van der Waals surface area contributed by atoms with E-state index in [1.54, 1.807) is 6.07 Å². The zero-order valence-corrected chi connectivity index (χ0v) is 9.83. The van der Waals surface area contributed by atoms with Gasteiger partial charge in [-0.2, -0.15) is 0 Å². The molecule has 0 bridgehead atoms. The number of likely N-dealkylation sites (tertiary alicyclic amines) is 1. The van der Waals surface area contributed by atoms with Crippen LogP contribution in [0.1, 0.15) is 24.8 Å². The van der Waals surface area contributed by atoms with Gasteiger partial charge in [0.2, 0.25) is 0 Å². The molecule has 2 nitrogen and oxygen atoms in total. The van der Waals surface area contributed by atoms with Gasteiger partial charge >= 0.3 is 0 Å². The smallest absolute Gasteiger partial charge is 0.159 e. The maximum atomic E-state index is 13.1. The molecule has 1 atom stereocenters. The second-order valence-corrected chi connectivity index (χ2v) is 4.60. The largest absolute Gasteiger partial charge is 0.329 e. The minimum Gasteiger partial charge on any atom is -0.329 e. The maximum absolute atomic E-state index is 13.1. The van der Waals surface area contributed by atoms with Gasteiger partial charge in [-0.3, -0.25) is 4.90 Å². The predicted molar refractivity (Wildman–Crippen MR) is 63.5 cm³/mol. The highest BCUT2D eigenvalue weighted by atomic mass is 19.2.